The van der Waals surface area contributed by atoms with Gasteiger partial charge < -0.3 is 4.90 Å². The minimum Gasteiger partial charge on any atom is -0.336 e. The molecule has 0 bridgehead atoms. The minimum atomic E-state index is -4.38. The van der Waals surface area contributed by atoms with Crippen molar-refractivity contribution in [3.05, 3.63) is 34.9 Å². The van der Waals surface area contributed by atoms with Crippen LogP contribution >= 0.6 is 11.6 Å². The topological polar surface area (TPSA) is 23.6 Å². The fraction of sp³-hybridized carbons (Fsp3) is 0.500. The van der Waals surface area contributed by atoms with Crippen LogP contribution in [0.15, 0.2) is 24.3 Å². The molecule has 0 saturated carbocycles. The van der Waals surface area contributed by atoms with Crippen LogP contribution in [0.3, 0.4) is 0 Å². The SMILES string of the molecule is CCN(CC(=O)N(C)CC(F)(F)F)Cc1ccccc1Cl. The van der Waals surface area contributed by atoms with E-state index >= 15 is 0 Å². The van der Waals surface area contributed by atoms with E-state index in [4.69, 9.17) is 11.6 Å². The lowest BCUT2D eigenvalue weighted by atomic mass is 10.2. The van der Waals surface area contributed by atoms with Crippen LogP contribution in [-0.4, -0.2) is 48.6 Å². The lowest BCUT2D eigenvalue weighted by Crippen LogP contribution is -2.42. The maximum absolute atomic E-state index is 12.3. The van der Waals surface area contributed by atoms with E-state index in [0.29, 0.717) is 23.0 Å². The molecule has 1 rings (SSSR count). The van der Waals surface area contributed by atoms with E-state index in [-0.39, 0.29) is 6.54 Å². The normalized spacial score (nSPS) is 11.8. The highest BCUT2D eigenvalue weighted by molar-refractivity contribution is 6.31. The van der Waals surface area contributed by atoms with Crippen molar-refractivity contribution in [3.8, 4) is 0 Å². The molecule has 0 fully saturated rings. The van der Waals surface area contributed by atoms with Crippen molar-refractivity contribution in [3.63, 3.8) is 0 Å². The van der Waals surface area contributed by atoms with Crippen molar-refractivity contribution in [1.82, 2.24) is 9.80 Å². The molecule has 3 nitrogen and oxygen atoms in total. The Morgan fingerprint density at radius 1 is 1.29 bits per heavy atom. The number of halogens is 4. The number of carbonyl (C=O) groups excluding carboxylic acids is 1. The molecule has 0 unspecified atom stereocenters. The molecule has 0 aliphatic carbocycles. The van der Waals surface area contributed by atoms with Crippen LogP contribution in [0.4, 0.5) is 13.2 Å². The second-order valence-electron chi connectivity index (χ2n) is 4.76. The summed E-state index contributed by atoms with van der Waals surface area (Å²) in [5.74, 6) is -0.568. The van der Waals surface area contributed by atoms with Crippen LogP contribution < -0.4 is 0 Å². The average Bonchev–Trinajstić information content (AvgIpc) is 2.38. The number of alkyl halides is 3. The van der Waals surface area contributed by atoms with Gasteiger partial charge in [-0.3, -0.25) is 9.69 Å². The lowest BCUT2D eigenvalue weighted by Gasteiger charge is -2.25. The Morgan fingerprint density at radius 2 is 1.90 bits per heavy atom. The Hall–Kier alpha value is -1.27. The van der Waals surface area contributed by atoms with Gasteiger partial charge in [0.1, 0.15) is 6.54 Å². The molecule has 1 aromatic rings. The average molecular weight is 323 g/mol. The van der Waals surface area contributed by atoms with E-state index in [1.54, 1.807) is 17.0 Å². The van der Waals surface area contributed by atoms with Gasteiger partial charge in [-0.2, -0.15) is 13.2 Å². The molecule has 1 amide bonds. The molecule has 1 aromatic carbocycles. The highest BCUT2D eigenvalue weighted by Gasteiger charge is 2.31. The van der Waals surface area contributed by atoms with Gasteiger partial charge in [0.05, 0.1) is 6.54 Å². The molecule has 0 aliphatic rings. The highest BCUT2D eigenvalue weighted by atomic mass is 35.5. The summed E-state index contributed by atoms with van der Waals surface area (Å²) in [6.07, 6.45) is -4.38. The summed E-state index contributed by atoms with van der Waals surface area (Å²) in [5, 5.41) is 0.576. The number of amides is 1. The first kappa shape index (κ1) is 17.8. The second kappa shape index (κ2) is 7.66. The van der Waals surface area contributed by atoms with Gasteiger partial charge in [0, 0.05) is 18.6 Å². The summed E-state index contributed by atoms with van der Waals surface area (Å²) in [4.78, 5) is 14.3. The van der Waals surface area contributed by atoms with Crippen LogP contribution in [0.5, 0.6) is 0 Å². The standard InChI is InChI=1S/C14H18ClF3N2O/c1-3-20(8-11-6-4-5-7-12(11)15)9-13(21)19(2)10-14(16,17)18/h4-7H,3,8-10H2,1-2H3. The van der Waals surface area contributed by atoms with Gasteiger partial charge in [-0.15, -0.1) is 0 Å². The monoisotopic (exact) mass is 322 g/mol. The molecule has 0 atom stereocenters. The number of benzene rings is 1. The molecule has 7 heteroatoms. The summed E-state index contributed by atoms with van der Waals surface area (Å²) in [5.41, 5.74) is 0.840. The van der Waals surface area contributed by atoms with Crippen molar-refractivity contribution < 1.29 is 18.0 Å². The third-order valence-corrected chi connectivity index (χ3v) is 3.37. The van der Waals surface area contributed by atoms with Gasteiger partial charge in [0.15, 0.2) is 0 Å². The van der Waals surface area contributed by atoms with Crippen molar-refractivity contribution >= 4 is 17.5 Å². The number of hydrogen-bond acceptors (Lipinski definition) is 2. The van der Waals surface area contributed by atoms with Crippen molar-refractivity contribution in [2.24, 2.45) is 0 Å². The van der Waals surface area contributed by atoms with E-state index in [9.17, 15) is 18.0 Å². The van der Waals surface area contributed by atoms with E-state index < -0.39 is 18.6 Å². The Bertz CT molecular complexity index is 480. The summed E-state index contributed by atoms with van der Waals surface area (Å²) in [6, 6.07) is 7.19. The third kappa shape index (κ3) is 6.35. The number of rotatable bonds is 6. The van der Waals surface area contributed by atoms with Crippen LogP contribution in [-0.2, 0) is 11.3 Å². The molecule has 0 radical (unpaired) electrons. The first-order valence-electron chi connectivity index (χ1n) is 6.49. The fourth-order valence-corrected chi connectivity index (χ4v) is 2.01. The molecule has 0 saturated heterocycles. The molecule has 0 aliphatic heterocycles. The predicted molar refractivity (Wildman–Crippen MR) is 76.1 cm³/mol. The zero-order valence-corrected chi connectivity index (χ0v) is 12.7. The Labute approximate surface area is 127 Å². The van der Waals surface area contributed by atoms with Crippen LogP contribution in [0, 0.1) is 0 Å². The zero-order valence-electron chi connectivity index (χ0n) is 12.0. The summed E-state index contributed by atoms with van der Waals surface area (Å²) in [7, 11) is 1.15. The van der Waals surface area contributed by atoms with Crippen molar-refractivity contribution in [2.75, 3.05) is 26.7 Å². The summed E-state index contributed by atoms with van der Waals surface area (Å²) >= 11 is 6.04. The largest absolute Gasteiger partial charge is 0.406 e. The molecule has 0 aromatic heterocycles. The molecule has 118 valence electrons. The summed E-state index contributed by atoms with van der Waals surface area (Å²) < 4.78 is 36.8. The van der Waals surface area contributed by atoms with Gasteiger partial charge >= 0.3 is 6.18 Å². The minimum absolute atomic E-state index is 0.0751. The molecule has 0 N–H and O–H groups in total. The molecule has 0 spiro atoms. The Balaban J connectivity index is 2.62. The number of likely N-dealkylation sites (N-methyl/N-ethyl adjacent to an activating group) is 2. The first-order valence-corrected chi connectivity index (χ1v) is 6.87. The van der Waals surface area contributed by atoms with E-state index in [2.05, 4.69) is 0 Å². The maximum atomic E-state index is 12.3. The highest BCUT2D eigenvalue weighted by Crippen LogP contribution is 2.18. The lowest BCUT2D eigenvalue weighted by molar-refractivity contribution is -0.159. The van der Waals surface area contributed by atoms with E-state index in [0.717, 1.165) is 12.6 Å². The number of carbonyl (C=O) groups is 1. The molecule has 21 heavy (non-hydrogen) atoms. The van der Waals surface area contributed by atoms with Crippen molar-refractivity contribution in [1.29, 1.82) is 0 Å². The molecular formula is C14H18ClF3N2O. The van der Waals surface area contributed by atoms with Gasteiger partial charge in [-0.25, -0.2) is 0 Å². The zero-order chi connectivity index (χ0) is 16.0. The molecule has 0 heterocycles. The van der Waals surface area contributed by atoms with Gasteiger partial charge in [0.2, 0.25) is 5.91 Å². The van der Waals surface area contributed by atoms with Gasteiger partial charge in [0.25, 0.3) is 0 Å². The second-order valence-corrected chi connectivity index (χ2v) is 5.17. The smallest absolute Gasteiger partial charge is 0.336 e. The predicted octanol–water partition coefficient (Wildman–Crippen LogP) is 3.18. The number of hydrogen-bond donors (Lipinski definition) is 0. The van der Waals surface area contributed by atoms with E-state index in [1.165, 1.54) is 0 Å². The van der Waals surface area contributed by atoms with Crippen LogP contribution in [0.25, 0.3) is 0 Å². The van der Waals surface area contributed by atoms with Crippen molar-refractivity contribution in [2.45, 2.75) is 19.6 Å². The van der Waals surface area contributed by atoms with Gasteiger partial charge in [-0.1, -0.05) is 36.7 Å². The fourth-order valence-electron chi connectivity index (χ4n) is 1.82. The first-order chi connectivity index (χ1) is 9.73. The summed E-state index contributed by atoms with van der Waals surface area (Å²) in [6.45, 7) is 1.48. The van der Waals surface area contributed by atoms with Gasteiger partial charge in [-0.05, 0) is 18.2 Å². The Kier molecular flexibility index (Phi) is 6.48. The quantitative estimate of drug-likeness (QED) is 0.803. The Morgan fingerprint density at radius 3 is 2.43 bits per heavy atom. The number of nitrogens with zero attached hydrogens (tertiary/aromatic N) is 2. The van der Waals surface area contributed by atoms with E-state index in [1.807, 2.05) is 19.1 Å². The van der Waals surface area contributed by atoms with Crippen LogP contribution in [0.2, 0.25) is 5.02 Å². The maximum Gasteiger partial charge on any atom is 0.406 e. The third-order valence-electron chi connectivity index (χ3n) is 3.00. The molecular weight excluding hydrogens is 305 g/mol. The van der Waals surface area contributed by atoms with Crippen LogP contribution in [0.1, 0.15) is 12.5 Å².